The zero-order chi connectivity index (χ0) is 12.6. The van der Waals surface area contributed by atoms with Crippen LogP contribution in [0.5, 0.6) is 0 Å². The molecule has 1 aliphatic heterocycles. The second-order valence-electron chi connectivity index (χ2n) is 4.92. The van der Waals surface area contributed by atoms with Gasteiger partial charge in [0.1, 0.15) is 0 Å². The average Bonchev–Trinajstić information content (AvgIpc) is 2.45. The van der Waals surface area contributed by atoms with Crippen molar-refractivity contribution >= 4 is 15.6 Å². The maximum absolute atomic E-state index is 5.78. The van der Waals surface area contributed by atoms with E-state index in [1.54, 1.807) is 0 Å². The molecular formula is C16H22OSi. The van der Waals surface area contributed by atoms with E-state index >= 15 is 0 Å². The van der Waals surface area contributed by atoms with Gasteiger partial charge in [-0.25, -0.2) is 0 Å². The zero-order valence-corrected chi connectivity index (χ0v) is 12.6. The van der Waals surface area contributed by atoms with Crippen molar-refractivity contribution in [2.45, 2.75) is 31.9 Å². The van der Waals surface area contributed by atoms with Crippen LogP contribution in [0.2, 0.25) is 0 Å². The molecule has 0 aromatic heterocycles. The van der Waals surface area contributed by atoms with Gasteiger partial charge in [0, 0.05) is 12.3 Å². The highest BCUT2D eigenvalue weighted by Gasteiger charge is 2.12. The quantitative estimate of drug-likeness (QED) is 0.595. The molecule has 18 heavy (non-hydrogen) atoms. The molecule has 0 N–H and O–H groups in total. The Balaban J connectivity index is 1.83. The van der Waals surface area contributed by atoms with Gasteiger partial charge in [0.15, 0.2) is 0 Å². The first-order valence-electron chi connectivity index (χ1n) is 6.86. The van der Waals surface area contributed by atoms with Crippen LogP contribution in [0.15, 0.2) is 47.7 Å². The van der Waals surface area contributed by atoms with E-state index in [1.807, 2.05) is 6.07 Å². The minimum atomic E-state index is -0.218. The largest absolute Gasteiger partial charge is 0.382 e. The van der Waals surface area contributed by atoms with Gasteiger partial charge in [-0.2, -0.15) is 0 Å². The Kier molecular flexibility index (Phi) is 5.43. The molecule has 2 heteroatoms. The topological polar surface area (TPSA) is 9.23 Å². The van der Waals surface area contributed by atoms with Gasteiger partial charge in [0.05, 0.1) is 9.52 Å². The molecule has 1 fully saturated rings. The smallest absolute Gasteiger partial charge is 0.0799 e. The number of benzene rings is 1. The second-order valence-corrected chi connectivity index (χ2v) is 6.71. The van der Waals surface area contributed by atoms with Crippen LogP contribution in [-0.4, -0.2) is 21.9 Å². The van der Waals surface area contributed by atoms with Crippen LogP contribution in [0, 0.1) is 0 Å². The maximum Gasteiger partial charge on any atom is 0.0799 e. The van der Waals surface area contributed by atoms with Gasteiger partial charge in [-0.15, -0.1) is 0 Å². The Hall–Kier alpha value is -1.12. The molecule has 1 heterocycles. The Labute approximate surface area is 112 Å². The molecule has 96 valence electrons. The van der Waals surface area contributed by atoms with Gasteiger partial charge >= 0.3 is 0 Å². The molecule has 0 bridgehead atoms. The number of allylic oxidation sites excluding steroid dienone is 2. The van der Waals surface area contributed by atoms with Gasteiger partial charge in [-0.1, -0.05) is 53.8 Å². The minimum absolute atomic E-state index is 0.218. The molecule has 1 unspecified atom stereocenters. The van der Waals surface area contributed by atoms with E-state index in [1.165, 1.54) is 30.4 Å². The Morgan fingerprint density at radius 3 is 2.83 bits per heavy atom. The van der Waals surface area contributed by atoms with Crippen molar-refractivity contribution in [3.05, 3.63) is 53.2 Å². The van der Waals surface area contributed by atoms with Gasteiger partial charge in [0.2, 0.25) is 0 Å². The minimum Gasteiger partial charge on any atom is -0.382 e. The van der Waals surface area contributed by atoms with Crippen LogP contribution < -0.4 is 0 Å². The summed E-state index contributed by atoms with van der Waals surface area (Å²) < 4.78 is 5.78. The van der Waals surface area contributed by atoms with E-state index < -0.39 is 0 Å². The summed E-state index contributed by atoms with van der Waals surface area (Å²) in [7, 11) is -0.218. The number of hydrogen-bond donors (Lipinski definition) is 0. The van der Waals surface area contributed by atoms with E-state index in [9.17, 15) is 0 Å². The number of ether oxygens (including phenoxy) is 1. The second kappa shape index (κ2) is 7.34. The van der Waals surface area contributed by atoms with Gasteiger partial charge in [-0.05, 0) is 31.7 Å². The maximum atomic E-state index is 5.78. The molecule has 0 spiro atoms. The molecule has 0 radical (unpaired) electrons. The highest BCUT2D eigenvalue weighted by molar-refractivity contribution is 6.44. The van der Waals surface area contributed by atoms with Crippen LogP contribution in [0.1, 0.15) is 31.7 Å². The third-order valence-electron chi connectivity index (χ3n) is 3.31. The lowest BCUT2D eigenvalue weighted by atomic mass is 10.2. The monoisotopic (exact) mass is 258 g/mol. The summed E-state index contributed by atoms with van der Waals surface area (Å²) in [6, 6.07) is 10.5. The summed E-state index contributed by atoms with van der Waals surface area (Å²) in [4.78, 5) is 0. The van der Waals surface area contributed by atoms with Crippen molar-refractivity contribution in [1.82, 2.24) is 0 Å². The normalized spacial score (nSPS) is 22.1. The van der Waals surface area contributed by atoms with Crippen molar-refractivity contribution in [3.8, 4) is 0 Å². The van der Waals surface area contributed by atoms with Crippen LogP contribution in [-0.2, 0) is 4.74 Å². The van der Waals surface area contributed by atoms with Crippen LogP contribution in [0.4, 0.5) is 0 Å². The van der Waals surface area contributed by atoms with E-state index in [0.29, 0.717) is 5.73 Å². The predicted octanol–water partition coefficient (Wildman–Crippen LogP) is 3.30. The number of rotatable bonds is 4. The van der Waals surface area contributed by atoms with Crippen LogP contribution in [0.3, 0.4) is 0 Å². The zero-order valence-electron chi connectivity index (χ0n) is 11.1. The number of hydrogen-bond acceptors (Lipinski definition) is 1. The SMILES string of the molecule is CC(C=Cc1ccccc1)=C[SiH2]C1CCCCO1. The third kappa shape index (κ3) is 4.63. The fourth-order valence-electron chi connectivity index (χ4n) is 2.17. The van der Waals surface area contributed by atoms with E-state index in [2.05, 4.69) is 49.0 Å². The van der Waals surface area contributed by atoms with E-state index in [4.69, 9.17) is 4.74 Å². The summed E-state index contributed by atoms with van der Waals surface area (Å²) >= 11 is 0. The van der Waals surface area contributed by atoms with Gasteiger partial charge < -0.3 is 4.74 Å². The molecule has 1 aliphatic rings. The average molecular weight is 258 g/mol. The summed E-state index contributed by atoms with van der Waals surface area (Å²) in [6.45, 7) is 3.17. The molecular weight excluding hydrogens is 236 g/mol. The van der Waals surface area contributed by atoms with Crippen LogP contribution >= 0.6 is 0 Å². The highest BCUT2D eigenvalue weighted by Crippen LogP contribution is 2.12. The van der Waals surface area contributed by atoms with Crippen molar-refractivity contribution in [2.24, 2.45) is 0 Å². The summed E-state index contributed by atoms with van der Waals surface area (Å²) in [5.41, 5.74) is 5.65. The first-order chi connectivity index (χ1) is 8.84. The van der Waals surface area contributed by atoms with Crippen molar-refractivity contribution < 1.29 is 4.74 Å². The third-order valence-corrected chi connectivity index (χ3v) is 5.36. The fourth-order valence-corrected chi connectivity index (χ4v) is 3.77. The molecule has 0 amide bonds. The standard InChI is InChI=1S/C16H22OSi/c1-14(10-11-15-7-3-2-4-8-15)13-18-16-9-5-6-12-17-16/h2-4,7-8,10-11,13,16H,5-6,9,12,18H2,1H3. The first kappa shape index (κ1) is 13.3. The summed E-state index contributed by atoms with van der Waals surface area (Å²) in [5, 5.41) is 0. The Bertz CT molecular complexity index is 402. The molecule has 1 nitrogen and oxygen atoms in total. The van der Waals surface area contributed by atoms with Crippen molar-refractivity contribution in [3.63, 3.8) is 0 Å². The van der Waals surface area contributed by atoms with E-state index in [-0.39, 0.29) is 9.52 Å². The molecule has 0 aliphatic carbocycles. The van der Waals surface area contributed by atoms with E-state index in [0.717, 1.165) is 6.61 Å². The highest BCUT2D eigenvalue weighted by atomic mass is 28.2. The molecule has 0 saturated carbocycles. The lowest BCUT2D eigenvalue weighted by Crippen LogP contribution is -2.24. The lowest BCUT2D eigenvalue weighted by Gasteiger charge is -2.20. The Morgan fingerprint density at radius 2 is 2.11 bits per heavy atom. The summed E-state index contributed by atoms with van der Waals surface area (Å²) in [6.07, 6.45) is 8.28. The van der Waals surface area contributed by atoms with Crippen molar-refractivity contribution in [2.75, 3.05) is 6.61 Å². The molecule has 1 aromatic rings. The van der Waals surface area contributed by atoms with Gasteiger partial charge in [-0.3, -0.25) is 0 Å². The lowest BCUT2D eigenvalue weighted by molar-refractivity contribution is 0.0659. The molecule has 2 rings (SSSR count). The summed E-state index contributed by atoms with van der Waals surface area (Å²) in [5.74, 6) is 0. The first-order valence-corrected chi connectivity index (χ1v) is 8.49. The van der Waals surface area contributed by atoms with Crippen molar-refractivity contribution in [1.29, 1.82) is 0 Å². The fraction of sp³-hybridized carbons (Fsp3) is 0.375. The molecule has 1 saturated heterocycles. The van der Waals surface area contributed by atoms with Gasteiger partial charge in [0.25, 0.3) is 0 Å². The predicted molar refractivity (Wildman–Crippen MR) is 81.4 cm³/mol. The Morgan fingerprint density at radius 1 is 1.28 bits per heavy atom. The molecule has 1 atom stereocenters. The van der Waals surface area contributed by atoms with Crippen LogP contribution in [0.25, 0.3) is 6.08 Å². The molecule has 1 aromatic carbocycles.